The molecule has 5 heteroatoms. The minimum absolute atomic E-state index is 0.116. The molecule has 1 amide bonds. The van der Waals surface area contributed by atoms with Gasteiger partial charge in [-0.1, -0.05) is 37.6 Å². The van der Waals surface area contributed by atoms with Crippen LogP contribution in [0.15, 0.2) is 24.3 Å². The van der Waals surface area contributed by atoms with Crippen molar-refractivity contribution >= 4 is 17.7 Å². The summed E-state index contributed by atoms with van der Waals surface area (Å²) in [5.74, 6) is 0.417. The van der Waals surface area contributed by atoms with Crippen LogP contribution in [0.5, 0.6) is 0 Å². The van der Waals surface area contributed by atoms with Gasteiger partial charge in [0.25, 0.3) is 0 Å². The van der Waals surface area contributed by atoms with E-state index in [4.69, 9.17) is 16.3 Å². The van der Waals surface area contributed by atoms with E-state index >= 15 is 0 Å². The number of benzene rings is 1. The highest BCUT2D eigenvalue weighted by molar-refractivity contribution is 6.30. The third-order valence-electron chi connectivity index (χ3n) is 3.31. The highest BCUT2D eigenvalue weighted by atomic mass is 35.5. The van der Waals surface area contributed by atoms with E-state index in [1.165, 1.54) is 5.56 Å². The van der Waals surface area contributed by atoms with Gasteiger partial charge in [-0.3, -0.25) is 0 Å². The summed E-state index contributed by atoms with van der Waals surface area (Å²) in [6, 6.07) is 8.19. The lowest BCUT2D eigenvalue weighted by molar-refractivity contribution is 0.0522. The van der Waals surface area contributed by atoms with Gasteiger partial charge in [0.15, 0.2) is 0 Å². The molecule has 1 aromatic carbocycles. The average Bonchev–Trinajstić information content (AvgIpc) is 2.41. The van der Waals surface area contributed by atoms with Crippen molar-refractivity contribution in [2.24, 2.45) is 5.92 Å². The number of ether oxygens (including phenoxy) is 1. The number of rotatable bonds is 6. The molecule has 0 aliphatic rings. The minimum Gasteiger partial charge on any atom is -0.444 e. The number of halogens is 1. The molecule has 0 radical (unpaired) electrons. The fraction of sp³-hybridized carbons (Fsp3) is 0.611. The molecule has 0 saturated carbocycles. The first-order valence-electron chi connectivity index (χ1n) is 8.07. The SMILES string of the molecule is CC(CNC(=O)OC(C)(C)C)NC(c1ccc(Cl)cc1)C(C)C. The smallest absolute Gasteiger partial charge is 0.407 e. The van der Waals surface area contributed by atoms with Gasteiger partial charge in [-0.15, -0.1) is 0 Å². The molecule has 0 aromatic heterocycles. The molecule has 0 saturated heterocycles. The summed E-state index contributed by atoms with van der Waals surface area (Å²) in [4.78, 5) is 11.7. The number of carbonyl (C=O) groups excluding carboxylic acids is 1. The molecular formula is C18H29ClN2O2. The van der Waals surface area contributed by atoms with Crippen molar-refractivity contribution in [3.63, 3.8) is 0 Å². The van der Waals surface area contributed by atoms with Crippen molar-refractivity contribution < 1.29 is 9.53 Å². The Morgan fingerprint density at radius 3 is 2.22 bits per heavy atom. The fourth-order valence-electron chi connectivity index (χ4n) is 2.26. The van der Waals surface area contributed by atoms with Crippen LogP contribution in [0, 0.1) is 5.92 Å². The van der Waals surface area contributed by atoms with E-state index < -0.39 is 11.7 Å². The maximum Gasteiger partial charge on any atom is 0.407 e. The molecule has 0 heterocycles. The van der Waals surface area contributed by atoms with Crippen LogP contribution in [0.2, 0.25) is 5.02 Å². The lowest BCUT2D eigenvalue weighted by atomic mass is 9.95. The van der Waals surface area contributed by atoms with Crippen molar-refractivity contribution in [2.75, 3.05) is 6.54 Å². The second-order valence-electron chi connectivity index (χ2n) is 7.22. The molecule has 1 aromatic rings. The van der Waals surface area contributed by atoms with Crippen LogP contribution < -0.4 is 10.6 Å². The maximum atomic E-state index is 11.7. The molecule has 0 aliphatic heterocycles. The van der Waals surface area contributed by atoms with Crippen LogP contribution in [0.25, 0.3) is 0 Å². The largest absolute Gasteiger partial charge is 0.444 e. The van der Waals surface area contributed by atoms with E-state index in [0.717, 1.165) is 5.02 Å². The Labute approximate surface area is 144 Å². The first-order chi connectivity index (χ1) is 10.6. The molecule has 130 valence electrons. The highest BCUT2D eigenvalue weighted by Gasteiger charge is 2.20. The Hall–Kier alpha value is -1.26. The Morgan fingerprint density at radius 2 is 1.74 bits per heavy atom. The van der Waals surface area contributed by atoms with E-state index in [2.05, 4.69) is 24.5 Å². The summed E-state index contributed by atoms with van der Waals surface area (Å²) in [5, 5.41) is 7.09. The summed E-state index contributed by atoms with van der Waals surface area (Å²) >= 11 is 5.96. The predicted molar refractivity (Wildman–Crippen MR) is 95.9 cm³/mol. The van der Waals surface area contributed by atoms with Gasteiger partial charge in [0, 0.05) is 23.7 Å². The minimum atomic E-state index is -0.482. The van der Waals surface area contributed by atoms with Gasteiger partial charge in [0.2, 0.25) is 0 Å². The van der Waals surface area contributed by atoms with Gasteiger partial charge < -0.3 is 15.4 Å². The van der Waals surface area contributed by atoms with E-state index in [-0.39, 0.29) is 12.1 Å². The standard InChI is InChI=1S/C18H29ClN2O2/c1-12(2)16(14-7-9-15(19)10-8-14)21-13(3)11-20-17(22)23-18(4,5)6/h7-10,12-13,16,21H,11H2,1-6H3,(H,20,22). The lowest BCUT2D eigenvalue weighted by Gasteiger charge is -2.27. The van der Waals surface area contributed by atoms with Gasteiger partial charge in [-0.2, -0.15) is 0 Å². The van der Waals surface area contributed by atoms with Crippen LogP contribution >= 0.6 is 11.6 Å². The molecule has 23 heavy (non-hydrogen) atoms. The van der Waals surface area contributed by atoms with Crippen molar-refractivity contribution in [3.05, 3.63) is 34.9 Å². The Balaban J connectivity index is 2.56. The predicted octanol–water partition coefficient (Wildman–Crippen LogP) is 4.54. The second-order valence-corrected chi connectivity index (χ2v) is 7.66. The van der Waals surface area contributed by atoms with Crippen LogP contribution in [0.4, 0.5) is 4.79 Å². The summed E-state index contributed by atoms with van der Waals surface area (Å²) in [5.41, 5.74) is 0.707. The zero-order valence-electron chi connectivity index (χ0n) is 14.9. The molecule has 2 atom stereocenters. The first-order valence-corrected chi connectivity index (χ1v) is 8.44. The summed E-state index contributed by atoms with van der Waals surface area (Å²) in [6.45, 7) is 12.4. The van der Waals surface area contributed by atoms with E-state index in [9.17, 15) is 4.79 Å². The van der Waals surface area contributed by atoms with Crippen molar-refractivity contribution in [1.82, 2.24) is 10.6 Å². The van der Waals surface area contributed by atoms with Gasteiger partial charge in [0.05, 0.1) is 0 Å². The van der Waals surface area contributed by atoms with Crippen molar-refractivity contribution in [1.29, 1.82) is 0 Å². The van der Waals surface area contributed by atoms with Gasteiger partial charge >= 0.3 is 6.09 Å². The normalized spacial score (nSPS) is 14.4. The monoisotopic (exact) mass is 340 g/mol. The number of hydrogen-bond acceptors (Lipinski definition) is 3. The lowest BCUT2D eigenvalue weighted by Crippen LogP contribution is -2.43. The third kappa shape index (κ3) is 7.71. The molecule has 0 aliphatic carbocycles. The molecule has 2 N–H and O–H groups in total. The quantitative estimate of drug-likeness (QED) is 0.799. The van der Waals surface area contributed by atoms with E-state index in [1.54, 1.807) is 0 Å². The molecule has 0 bridgehead atoms. The highest BCUT2D eigenvalue weighted by Crippen LogP contribution is 2.23. The Kier molecular flexibility index (Phi) is 7.36. The van der Waals surface area contributed by atoms with Crippen LogP contribution in [0.3, 0.4) is 0 Å². The topological polar surface area (TPSA) is 50.4 Å². The molecular weight excluding hydrogens is 312 g/mol. The molecule has 0 spiro atoms. The average molecular weight is 341 g/mol. The maximum absolute atomic E-state index is 11.7. The van der Waals surface area contributed by atoms with Gasteiger partial charge in [-0.25, -0.2) is 4.79 Å². The Morgan fingerprint density at radius 1 is 1.17 bits per heavy atom. The summed E-state index contributed by atoms with van der Waals surface area (Å²) < 4.78 is 5.25. The number of amides is 1. The van der Waals surface area contributed by atoms with Crippen LogP contribution in [0.1, 0.15) is 53.1 Å². The van der Waals surface area contributed by atoms with Crippen LogP contribution in [-0.2, 0) is 4.74 Å². The molecule has 2 unspecified atom stereocenters. The number of hydrogen-bond donors (Lipinski definition) is 2. The van der Waals surface area contributed by atoms with Crippen molar-refractivity contribution in [2.45, 2.75) is 59.2 Å². The van der Waals surface area contributed by atoms with Crippen LogP contribution in [-0.4, -0.2) is 24.3 Å². The number of alkyl carbamates (subject to hydrolysis) is 1. The first kappa shape index (κ1) is 19.8. The molecule has 0 fully saturated rings. The number of nitrogens with one attached hydrogen (secondary N) is 2. The fourth-order valence-corrected chi connectivity index (χ4v) is 2.39. The molecule has 1 rings (SSSR count). The van der Waals surface area contributed by atoms with E-state index in [0.29, 0.717) is 12.5 Å². The van der Waals surface area contributed by atoms with Gasteiger partial charge in [0.1, 0.15) is 5.60 Å². The Bertz CT molecular complexity index is 495. The second kappa shape index (κ2) is 8.55. The van der Waals surface area contributed by atoms with E-state index in [1.807, 2.05) is 52.0 Å². The zero-order valence-corrected chi connectivity index (χ0v) is 15.7. The van der Waals surface area contributed by atoms with Gasteiger partial charge in [-0.05, 0) is 51.3 Å². The zero-order chi connectivity index (χ0) is 17.6. The summed E-state index contributed by atoms with van der Waals surface area (Å²) in [7, 11) is 0. The molecule has 4 nitrogen and oxygen atoms in total. The van der Waals surface area contributed by atoms with Crippen molar-refractivity contribution in [3.8, 4) is 0 Å². The third-order valence-corrected chi connectivity index (χ3v) is 3.56. The number of carbonyl (C=O) groups is 1. The summed E-state index contributed by atoms with van der Waals surface area (Å²) in [6.07, 6.45) is -0.390.